The fourth-order valence-electron chi connectivity index (χ4n) is 2.15. The monoisotopic (exact) mass is 303 g/mol. The normalized spacial score (nSPS) is 14.5. The third kappa shape index (κ3) is 3.49. The number of aliphatic carboxylic acids is 1. The molecule has 22 heavy (non-hydrogen) atoms. The molecule has 1 aromatic rings. The summed E-state index contributed by atoms with van der Waals surface area (Å²) in [7, 11) is 0. The first-order chi connectivity index (χ1) is 10.5. The summed E-state index contributed by atoms with van der Waals surface area (Å²) in [6, 6.07) is 8.82. The van der Waals surface area contributed by atoms with Crippen molar-refractivity contribution in [2.24, 2.45) is 5.10 Å². The second-order valence-electron chi connectivity index (χ2n) is 4.80. The Kier molecular flexibility index (Phi) is 4.88. The van der Waals surface area contributed by atoms with Gasteiger partial charge in [0.25, 0.3) is 5.91 Å². The summed E-state index contributed by atoms with van der Waals surface area (Å²) < 4.78 is 0. The fourth-order valence-corrected chi connectivity index (χ4v) is 2.15. The van der Waals surface area contributed by atoms with E-state index < -0.39 is 11.9 Å². The van der Waals surface area contributed by atoms with Gasteiger partial charge in [-0.2, -0.15) is 5.10 Å². The lowest BCUT2D eigenvalue weighted by molar-refractivity contribution is -0.142. The predicted octanol–water partition coefficient (Wildman–Crippen LogP) is 1.10. The van der Waals surface area contributed by atoms with Crippen LogP contribution < -0.4 is 5.01 Å². The Morgan fingerprint density at radius 2 is 1.95 bits per heavy atom. The molecule has 7 nitrogen and oxygen atoms in total. The largest absolute Gasteiger partial charge is 0.480 e. The average molecular weight is 303 g/mol. The van der Waals surface area contributed by atoms with E-state index in [9.17, 15) is 14.4 Å². The van der Waals surface area contributed by atoms with Crippen LogP contribution in [0.4, 0.5) is 5.69 Å². The number of hydrogen-bond acceptors (Lipinski definition) is 4. The smallest absolute Gasteiger partial charge is 0.323 e. The number of para-hydroxylation sites is 1. The number of hydrazone groups is 1. The molecule has 0 aromatic heterocycles. The fraction of sp³-hybridized carbons (Fsp3) is 0.333. The Bertz CT molecular complexity index is 612. The summed E-state index contributed by atoms with van der Waals surface area (Å²) in [6.45, 7) is 1.58. The molecule has 0 bridgehead atoms. The zero-order chi connectivity index (χ0) is 16.1. The van der Waals surface area contributed by atoms with E-state index in [4.69, 9.17) is 5.11 Å². The van der Waals surface area contributed by atoms with Crippen molar-refractivity contribution < 1.29 is 19.5 Å². The molecule has 0 spiro atoms. The number of benzene rings is 1. The molecular weight excluding hydrogens is 286 g/mol. The number of anilines is 1. The van der Waals surface area contributed by atoms with Gasteiger partial charge < -0.3 is 10.0 Å². The van der Waals surface area contributed by atoms with Gasteiger partial charge in [-0.3, -0.25) is 14.4 Å². The van der Waals surface area contributed by atoms with E-state index in [0.29, 0.717) is 5.69 Å². The zero-order valence-corrected chi connectivity index (χ0v) is 12.2. The van der Waals surface area contributed by atoms with Gasteiger partial charge in [0.05, 0.1) is 5.69 Å². The first kappa shape index (κ1) is 15.7. The Morgan fingerprint density at radius 3 is 2.55 bits per heavy atom. The molecule has 0 fully saturated rings. The maximum atomic E-state index is 12.3. The molecule has 1 N–H and O–H groups in total. The van der Waals surface area contributed by atoms with Crippen molar-refractivity contribution in [2.45, 2.75) is 19.8 Å². The van der Waals surface area contributed by atoms with Crippen molar-refractivity contribution >= 4 is 29.2 Å². The highest BCUT2D eigenvalue weighted by Crippen LogP contribution is 2.20. The molecule has 1 aromatic carbocycles. The van der Waals surface area contributed by atoms with E-state index in [1.165, 1.54) is 9.91 Å². The Balaban J connectivity index is 2.25. The zero-order valence-electron chi connectivity index (χ0n) is 12.2. The lowest BCUT2D eigenvalue weighted by atomic mass is 10.1. The van der Waals surface area contributed by atoms with Crippen LogP contribution in [0.25, 0.3) is 0 Å². The van der Waals surface area contributed by atoms with E-state index in [0.717, 1.165) is 0 Å². The molecule has 0 radical (unpaired) electrons. The molecule has 2 amide bonds. The van der Waals surface area contributed by atoms with E-state index in [2.05, 4.69) is 5.10 Å². The van der Waals surface area contributed by atoms with Gasteiger partial charge in [-0.15, -0.1) is 0 Å². The number of amides is 2. The number of carboxylic acid groups (broad SMARTS) is 1. The van der Waals surface area contributed by atoms with Crippen molar-refractivity contribution in [2.75, 3.05) is 18.1 Å². The molecule has 0 saturated heterocycles. The lowest BCUT2D eigenvalue weighted by Crippen LogP contribution is -2.43. The third-order valence-electron chi connectivity index (χ3n) is 3.28. The van der Waals surface area contributed by atoms with E-state index >= 15 is 0 Å². The van der Waals surface area contributed by atoms with E-state index in [-0.39, 0.29) is 37.6 Å². The minimum atomic E-state index is -1.08. The highest BCUT2D eigenvalue weighted by atomic mass is 16.4. The van der Waals surface area contributed by atoms with Gasteiger partial charge in [-0.05, 0) is 19.1 Å². The number of hydrogen-bond donors (Lipinski definition) is 1. The predicted molar refractivity (Wildman–Crippen MR) is 80.5 cm³/mol. The first-order valence-corrected chi connectivity index (χ1v) is 6.99. The van der Waals surface area contributed by atoms with Crippen LogP contribution in [0, 0.1) is 0 Å². The second-order valence-corrected chi connectivity index (χ2v) is 4.80. The quantitative estimate of drug-likeness (QED) is 0.882. The van der Waals surface area contributed by atoms with Crippen molar-refractivity contribution in [1.82, 2.24) is 4.90 Å². The van der Waals surface area contributed by atoms with Crippen molar-refractivity contribution in [1.29, 1.82) is 0 Å². The van der Waals surface area contributed by atoms with Gasteiger partial charge in [-0.25, -0.2) is 5.01 Å². The Morgan fingerprint density at radius 1 is 1.27 bits per heavy atom. The summed E-state index contributed by atoms with van der Waals surface area (Å²) in [6.07, 6.45) is 0.390. The number of nitrogens with zero attached hydrogens (tertiary/aromatic N) is 3. The first-order valence-electron chi connectivity index (χ1n) is 6.99. The number of carbonyl (C=O) groups excluding carboxylic acids is 2. The number of carbonyl (C=O) groups is 3. The van der Waals surface area contributed by atoms with Crippen LogP contribution in [-0.2, 0) is 14.4 Å². The topological polar surface area (TPSA) is 90.3 Å². The number of carboxylic acids is 1. The maximum Gasteiger partial charge on any atom is 0.323 e. The highest BCUT2D eigenvalue weighted by Gasteiger charge is 2.28. The molecule has 1 heterocycles. The van der Waals surface area contributed by atoms with Crippen LogP contribution in [0.2, 0.25) is 0 Å². The summed E-state index contributed by atoms with van der Waals surface area (Å²) in [5, 5.41) is 14.2. The highest BCUT2D eigenvalue weighted by molar-refractivity contribution is 6.40. The Labute approximate surface area is 127 Å². The molecule has 0 atom stereocenters. The molecule has 0 aliphatic carbocycles. The molecule has 0 unspecified atom stereocenters. The van der Waals surface area contributed by atoms with Gasteiger partial charge in [0.2, 0.25) is 5.91 Å². The van der Waals surface area contributed by atoms with Crippen molar-refractivity contribution in [3.63, 3.8) is 0 Å². The SMILES string of the molecule is CCN(CC(=O)O)C(=O)C1=NN(c2ccccc2)C(=O)CC1. The standard InChI is InChI=1S/C15H17N3O4/c1-2-17(10-14(20)21)15(22)12-8-9-13(19)18(16-12)11-6-4-3-5-7-11/h3-7H,2,8-10H2,1H3,(H,20,21). The minimum Gasteiger partial charge on any atom is -0.480 e. The van der Waals surface area contributed by atoms with Crippen LogP contribution in [0.5, 0.6) is 0 Å². The van der Waals surface area contributed by atoms with Crippen LogP contribution in [0.1, 0.15) is 19.8 Å². The van der Waals surface area contributed by atoms with Gasteiger partial charge in [-0.1, -0.05) is 18.2 Å². The lowest BCUT2D eigenvalue weighted by Gasteiger charge is -2.26. The minimum absolute atomic E-state index is 0.171. The third-order valence-corrected chi connectivity index (χ3v) is 3.28. The Hall–Kier alpha value is -2.70. The molecule has 116 valence electrons. The van der Waals surface area contributed by atoms with Gasteiger partial charge in [0.1, 0.15) is 12.3 Å². The summed E-state index contributed by atoms with van der Waals surface area (Å²) in [4.78, 5) is 36.3. The molecular formula is C15H17N3O4. The molecule has 1 aliphatic rings. The van der Waals surface area contributed by atoms with Gasteiger partial charge >= 0.3 is 5.97 Å². The maximum absolute atomic E-state index is 12.3. The molecule has 7 heteroatoms. The van der Waals surface area contributed by atoms with Gasteiger partial charge in [0, 0.05) is 19.4 Å². The van der Waals surface area contributed by atoms with Crippen LogP contribution in [0.3, 0.4) is 0 Å². The van der Waals surface area contributed by atoms with Gasteiger partial charge in [0.15, 0.2) is 0 Å². The number of rotatable bonds is 5. The molecule has 2 rings (SSSR count). The summed E-state index contributed by atoms with van der Waals surface area (Å²) >= 11 is 0. The van der Waals surface area contributed by atoms with Crippen LogP contribution in [0.15, 0.2) is 35.4 Å². The van der Waals surface area contributed by atoms with E-state index in [1.807, 2.05) is 6.07 Å². The molecule has 0 saturated carbocycles. The second kappa shape index (κ2) is 6.84. The van der Waals surface area contributed by atoms with Crippen molar-refractivity contribution in [3.05, 3.63) is 30.3 Å². The number of likely N-dealkylation sites (N-methyl/N-ethyl adjacent to an activating group) is 1. The van der Waals surface area contributed by atoms with E-state index in [1.54, 1.807) is 31.2 Å². The average Bonchev–Trinajstić information content (AvgIpc) is 2.53. The van der Waals surface area contributed by atoms with Crippen LogP contribution >= 0.6 is 0 Å². The van der Waals surface area contributed by atoms with Crippen molar-refractivity contribution in [3.8, 4) is 0 Å². The van der Waals surface area contributed by atoms with Crippen LogP contribution in [-0.4, -0.2) is 46.6 Å². The molecule has 1 aliphatic heterocycles. The summed E-state index contributed by atoms with van der Waals surface area (Å²) in [5.41, 5.74) is 0.783. The summed E-state index contributed by atoms with van der Waals surface area (Å²) in [5.74, 6) is -1.72.